The Hall–Kier alpha value is -5.14. The molecule has 8 nitrogen and oxygen atoms in total. The number of quaternary nitrogens is 2. The van der Waals surface area contributed by atoms with E-state index in [2.05, 4.69) is 14.1 Å². The smallest absolute Gasteiger partial charge is 0.102 e. The van der Waals surface area contributed by atoms with Gasteiger partial charge in [0.25, 0.3) is 0 Å². The van der Waals surface area contributed by atoms with Crippen LogP contribution >= 0.6 is 24.8 Å². The highest BCUT2D eigenvalue weighted by atomic mass is 35.5. The molecule has 2 heterocycles. The molecule has 438 valence electrons. The Balaban J connectivity index is 0.00000116. The molecule has 34 rings (SSSR count). The first-order chi connectivity index (χ1) is 42.4. The molecule has 90 heavy (non-hydrogen) atoms. The molecular formula is C78H54Cl4N4O4. The molecular weight excluding hydrogens is 1200 g/mol. The number of benzene rings is 10. The topological polar surface area (TPSA) is 89.0 Å². The number of hydrogen-bond donors (Lipinski definition) is 2. The summed E-state index contributed by atoms with van der Waals surface area (Å²) in [5.74, 6) is 5.24. The lowest BCUT2D eigenvalue weighted by Gasteiger charge is -2.55. The van der Waals surface area contributed by atoms with Crippen molar-refractivity contribution in [3.05, 3.63) is 106 Å². The molecule has 4 spiro atoms. The molecule has 21 aliphatic rings. The predicted octanol–water partition coefficient (Wildman–Crippen LogP) is 6.05. The van der Waals surface area contributed by atoms with Crippen LogP contribution in [0, 0.1) is 5.92 Å². The van der Waals surface area contributed by atoms with E-state index < -0.39 is 0 Å². The quantitative estimate of drug-likeness (QED) is 0.0697. The first-order valence-electron chi connectivity index (χ1n) is 34.0. The van der Waals surface area contributed by atoms with Gasteiger partial charge in [-0.15, -0.1) is 24.8 Å². The Morgan fingerprint density at radius 3 is 1.60 bits per heavy atom. The van der Waals surface area contributed by atoms with Gasteiger partial charge in [-0.25, -0.2) is 0 Å². The van der Waals surface area contributed by atoms with Crippen molar-refractivity contribution in [3.63, 3.8) is 0 Å². The molecule has 0 amide bonds. The van der Waals surface area contributed by atoms with E-state index in [0.717, 1.165) is 35.3 Å². The van der Waals surface area contributed by atoms with Crippen molar-refractivity contribution in [2.24, 2.45) is 17.4 Å². The van der Waals surface area contributed by atoms with E-state index in [1.165, 1.54) is 26.2 Å². The maximum Gasteiger partial charge on any atom is 0.102 e. The van der Waals surface area contributed by atoms with Gasteiger partial charge in [0.05, 0.1) is 115 Å². The summed E-state index contributed by atoms with van der Waals surface area (Å²) in [5.41, 5.74) is 61.0. The van der Waals surface area contributed by atoms with Crippen molar-refractivity contribution in [1.29, 1.82) is 0 Å². The van der Waals surface area contributed by atoms with Crippen LogP contribution < -0.4 is 36.3 Å². The third-order valence-electron chi connectivity index (χ3n) is 32.8. The largest absolute Gasteiger partial charge is 1.00 e. The highest BCUT2D eigenvalue weighted by Gasteiger charge is 2.89. The van der Waals surface area contributed by atoms with E-state index in [0.29, 0.717) is 112 Å². The molecule has 4 N–H and O–H groups in total. The van der Waals surface area contributed by atoms with Crippen molar-refractivity contribution in [3.8, 4) is 33.4 Å². The maximum absolute atomic E-state index is 6.78. The minimum Gasteiger partial charge on any atom is -1.00 e. The first-order valence-corrected chi connectivity index (χ1v) is 34.0. The number of likely N-dealkylation sites (N-methyl/N-ethyl adjacent to an activating group) is 2. The van der Waals surface area contributed by atoms with Crippen molar-refractivity contribution >= 4 is 138 Å². The van der Waals surface area contributed by atoms with E-state index in [9.17, 15) is 0 Å². The van der Waals surface area contributed by atoms with E-state index in [-0.39, 0.29) is 71.3 Å². The van der Waals surface area contributed by atoms with Crippen LogP contribution in [-0.4, -0.2) is 128 Å². The maximum atomic E-state index is 6.78. The number of hydrogen-bond acceptors (Lipinski definition) is 6. The van der Waals surface area contributed by atoms with Gasteiger partial charge in [-0.3, -0.25) is 0 Å². The van der Waals surface area contributed by atoms with Crippen molar-refractivity contribution in [1.82, 2.24) is 0 Å². The van der Waals surface area contributed by atoms with Gasteiger partial charge in [0.15, 0.2) is 0 Å². The number of likely N-dealkylation sites (tertiary alicyclic amines) is 2. The number of ether oxygens (including phenoxy) is 4. The number of nitrogens with two attached hydrogens (primary N) is 2. The summed E-state index contributed by atoms with van der Waals surface area (Å²) in [5, 5.41) is 35.6. The van der Waals surface area contributed by atoms with Crippen LogP contribution in [0.15, 0.2) is 5.57 Å². The van der Waals surface area contributed by atoms with E-state index in [1.54, 1.807) is 91.6 Å². The van der Waals surface area contributed by atoms with Gasteiger partial charge in [-0.05, 0) is 276 Å². The summed E-state index contributed by atoms with van der Waals surface area (Å²) in [6, 6.07) is 0. The van der Waals surface area contributed by atoms with Gasteiger partial charge in [-0.1, -0.05) is 0 Å². The third kappa shape index (κ3) is 3.08. The molecule has 0 bridgehead atoms. The van der Waals surface area contributed by atoms with Crippen LogP contribution in [0.2, 0.25) is 0 Å². The van der Waals surface area contributed by atoms with Gasteiger partial charge in [-0.2, -0.15) is 0 Å². The summed E-state index contributed by atoms with van der Waals surface area (Å²) in [6.45, 7) is 13.1. The minimum absolute atomic E-state index is 0. The second kappa shape index (κ2) is 12.0. The highest BCUT2D eigenvalue weighted by molar-refractivity contribution is 6.65. The van der Waals surface area contributed by atoms with Gasteiger partial charge >= 0.3 is 0 Å². The van der Waals surface area contributed by atoms with Crippen LogP contribution in [0.1, 0.15) is 153 Å². The van der Waals surface area contributed by atoms with Gasteiger partial charge in [0.1, 0.15) is 13.1 Å². The van der Waals surface area contributed by atoms with Crippen LogP contribution in [0.4, 0.5) is 0 Å². The molecule has 13 aromatic carbocycles. The zero-order chi connectivity index (χ0) is 53.5. The molecule has 13 aromatic rings. The fraction of sp³-hybridized carbons (Fsp3) is 0.410. The molecule has 2 fully saturated rings. The molecule has 0 radical (unpaired) electrons. The summed E-state index contributed by atoms with van der Waals surface area (Å²) in [7, 11) is 5.51. The summed E-state index contributed by atoms with van der Waals surface area (Å²) in [4.78, 5) is 0. The van der Waals surface area contributed by atoms with E-state index in [4.69, 9.17) is 30.4 Å². The number of nitrogens with zero attached hydrogens (tertiary/aromatic N) is 2. The SMILES string of the molecule is C[N+]1(CCOCCOCCN)CC23C4=C5c6c7c8c9c(c%10c%11c%12c%13c%14c%15c%16c%17c%18c%19c%20c%21c%22c%23c(c6c6c%22c%22c%20c(c%15%19)c%13c(c%129)c%22c86)C5C5C6c8c9c(c-%17c%12c8C5C%23C%21C%12%18)C5c8c-9c(c2c-%10c8C%112C[N+](C)(CCOCCOCCN)CC%142C%165)C46)C73C1.Cl.Cl.[Cl-].[Cl-]. The molecule has 16 atom stereocenters. The highest BCUT2D eigenvalue weighted by Crippen LogP contribution is 2.97. The Bertz CT molecular complexity index is 6310. The fourth-order valence-electron chi connectivity index (χ4n) is 33.3. The van der Waals surface area contributed by atoms with Crippen molar-refractivity contribution in [2.45, 2.75) is 74.9 Å². The van der Waals surface area contributed by atoms with Crippen LogP contribution in [0.25, 0.3) is 147 Å². The van der Waals surface area contributed by atoms with Crippen LogP contribution in [0.5, 0.6) is 0 Å². The number of halogens is 4. The molecule has 16 unspecified atom stereocenters. The van der Waals surface area contributed by atoms with Crippen molar-refractivity contribution < 1.29 is 52.7 Å². The molecule has 19 aliphatic carbocycles. The average molecular weight is 1250 g/mol. The zero-order valence-corrected chi connectivity index (χ0v) is 52.5. The van der Waals surface area contributed by atoms with E-state index in [1.807, 2.05) is 161 Å². The summed E-state index contributed by atoms with van der Waals surface area (Å²) >= 11 is 0. The van der Waals surface area contributed by atoms with Gasteiger partial charge < -0.3 is 64.2 Å². The average Bonchev–Trinajstić information content (AvgIpc) is 1.37. The first kappa shape index (κ1) is 46.9. The summed E-state index contributed by atoms with van der Waals surface area (Å²) in [6.07, 6.45) is 0. The lowest BCUT2D eigenvalue weighted by molar-refractivity contribution is -0.901. The lowest BCUT2D eigenvalue weighted by Crippen LogP contribution is -3.00. The van der Waals surface area contributed by atoms with E-state index >= 15 is 0 Å². The monoisotopic (exact) mass is 1250 g/mol. The summed E-state index contributed by atoms with van der Waals surface area (Å²) < 4.78 is 27.6. The standard InChI is InChI=1S/C78H52N4O4.4ClH/c1-81(5-9-85-13-11-83-7-3-79)15-75-67-53-43-32-23-19-20-22-27-21(19)28-25-30(23)38(43)49-41-34(25)45-36(28)47-40(27)48-37-29(22)26-31-24(20)33(32)44-39(31)50-42-35(26)46(37)58-62-52(42)64(60(50)68(75)54(44)53)74-66-65-71-61(51(41)63(59(49)67)73(65)78(74,75)18-81)57(45)69-55(47)56(48)70(58)77(72(62)66)17-82(2,16-76(69,71)77)6-10-86-14-12-84-8-4-80;;;;/h19,21,23,28,36,45,47,57,59,67H,3-18,79-80H2,1-2H3;4*1H/q+2;;;;/p-2. The van der Waals surface area contributed by atoms with Crippen LogP contribution in [0.3, 0.4) is 0 Å². The Kier molecular flexibility index (Phi) is 6.26. The molecule has 12 heteroatoms. The normalized spacial score (nSPS) is 37.7. The lowest BCUT2D eigenvalue weighted by atomic mass is 9.44. The second-order valence-corrected chi connectivity index (χ2v) is 33.9. The number of rotatable bonds is 16. The molecule has 0 saturated carbocycles. The Labute approximate surface area is 538 Å². The second-order valence-electron chi connectivity index (χ2n) is 33.9. The molecule has 0 aromatic heterocycles. The van der Waals surface area contributed by atoms with Crippen molar-refractivity contribution in [2.75, 3.05) is 119 Å². The zero-order valence-electron chi connectivity index (χ0n) is 49.3. The van der Waals surface area contributed by atoms with Gasteiger partial charge in [0.2, 0.25) is 0 Å². The molecule has 2 saturated heterocycles. The van der Waals surface area contributed by atoms with Crippen LogP contribution in [-0.2, 0) is 40.6 Å². The minimum atomic E-state index is -0.164. The Morgan fingerprint density at radius 1 is 0.344 bits per heavy atom. The van der Waals surface area contributed by atoms with Gasteiger partial charge in [0, 0.05) is 48.6 Å². The fourth-order valence-corrected chi connectivity index (χ4v) is 33.3. The Morgan fingerprint density at radius 2 is 0.867 bits per heavy atom. The predicted molar refractivity (Wildman–Crippen MR) is 345 cm³/mol. The number of allylic oxidation sites excluding steroid dienone is 1. The third-order valence-corrected chi connectivity index (χ3v) is 32.8. The molecule has 2 aliphatic heterocycles.